The van der Waals surface area contributed by atoms with Crippen molar-refractivity contribution in [3.8, 4) is 0 Å². The summed E-state index contributed by atoms with van der Waals surface area (Å²) in [6.07, 6.45) is 3.51. The van der Waals surface area contributed by atoms with Gasteiger partial charge in [0.1, 0.15) is 0 Å². The molecule has 0 unspecified atom stereocenters. The summed E-state index contributed by atoms with van der Waals surface area (Å²) in [4.78, 5) is 13.9. The second-order valence-electron chi connectivity index (χ2n) is 4.23. The molecule has 3 heteroatoms. The van der Waals surface area contributed by atoms with Gasteiger partial charge in [0.05, 0.1) is 0 Å². The lowest BCUT2D eigenvalue weighted by molar-refractivity contribution is -0.126. The molecule has 1 heterocycles. The summed E-state index contributed by atoms with van der Waals surface area (Å²) in [6.45, 7) is 3.37. The Labute approximate surface area is 118 Å². The minimum atomic E-state index is 0.0533. The van der Waals surface area contributed by atoms with Crippen molar-refractivity contribution in [1.29, 1.82) is 0 Å². The van der Waals surface area contributed by atoms with E-state index < -0.39 is 0 Å². The molecule has 98 valence electrons. The van der Waals surface area contributed by atoms with Gasteiger partial charge in [-0.3, -0.25) is 4.79 Å². The average Bonchev–Trinajstić information content (AvgIpc) is 2.96. The molecule has 0 radical (unpaired) electrons. The van der Waals surface area contributed by atoms with Crippen LogP contribution in [-0.4, -0.2) is 17.4 Å². The van der Waals surface area contributed by atoms with Gasteiger partial charge in [0, 0.05) is 19.2 Å². The average molecular weight is 271 g/mol. The number of hydrogen-bond donors (Lipinski definition) is 0. The van der Waals surface area contributed by atoms with Crippen molar-refractivity contribution in [2.45, 2.75) is 13.5 Å². The fraction of sp³-hybridized carbons (Fsp3) is 0.188. The number of amides is 1. The first-order valence-electron chi connectivity index (χ1n) is 6.32. The molecule has 0 N–H and O–H groups in total. The molecule has 2 rings (SSSR count). The van der Waals surface area contributed by atoms with Crippen molar-refractivity contribution in [2.75, 3.05) is 6.54 Å². The van der Waals surface area contributed by atoms with E-state index >= 15 is 0 Å². The molecule has 0 fully saturated rings. The molecule has 1 amide bonds. The molecule has 2 aromatic rings. The van der Waals surface area contributed by atoms with Gasteiger partial charge in [0.15, 0.2) is 0 Å². The second-order valence-corrected chi connectivity index (χ2v) is 5.01. The predicted octanol–water partition coefficient (Wildman–Crippen LogP) is 3.81. The minimum absolute atomic E-state index is 0.0533. The van der Waals surface area contributed by atoms with Crippen molar-refractivity contribution in [2.24, 2.45) is 0 Å². The topological polar surface area (TPSA) is 20.3 Å². The molecule has 1 aromatic heterocycles. The van der Waals surface area contributed by atoms with Gasteiger partial charge < -0.3 is 4.90 Å². The highest BCUT2D eigenvalue weighted by Crippen LogP contribution is 2.09. The molecule has 0 atom stereocenters. The highest BCUT2D eigenvalue weighted by molar-refractivity contribution is 7.08. The van der Waals surface area contributed by atoms with Crippen LogP contribution in [0.1, 0.15) is 18.1 Å². The number of thiophene rings is 1. The second kappa shape index (κ2) is 6.90. The highest BCUT2D eigenvalue weighted by atomic mass is 32.1. The van der Waals surface area contributed by atoms with E-state index in [-0.39, 0.29) is 5.91 Å². The summed E-state index contributed by atoms with van der Waals surface area (Å²) in [5.41, 5.74) is 2.23. The van der Waals surface area contributed by atoms with Crippen LogP contribution in [0.2, 0.25) is 0 Å². The summed E-state index contributed by atoms with van der Waals surface area (Å²) in [5, 5.41) is 4.03. The molecular weight excluding hydrogens is 254 g/mol. The number of carbonyl (C=O) groups excluding carboxylic acids is 1. The van der Waals surface area contributed by atoms with Gasteiger partial charge in [-0.2, -0.15) is 11.3 Å². The standard InChI is InChI=1S/C16H17NOS/c1-2-17(12-14-6-4-3-5-7-14)16(18)9-8-15-10-11-19-13-15/h3-11,13H,2,12H2,1H3/b9-8+. The van der Waals surface area contributed by atoms with Gasteiger partial charge in [-0.1, -0.05) is 30.3 Å². The third-order valence-electron chi connectivity index (χ3n) is 2.87. The van der Waals surface area contributed by atoms with E-state index in [0.717, 1.165) is 11.1 Å². The van der Waals surface area contributed by atoms with E-state index in [9.17, 15) is 4.79 Å². The van der Waals surface area contributed by atoms with Crippen molar-refractivity contribution < 1.29 is 4.79 Å². The van der Waals surface area contributed by atoms with Crippen LogP contribution in [0.15, 0.2) is 53.2 Å². The molecule has 0 aliphatic rings. The SMILES string of the molecule is CCN(Cc1ccccc1)C(=O)/C=C/c1ccsc1. The first kappa shape index (κ1) is 13.6. The Bertz CT molecular complexity index is 531. The van der Waals surface area contributed by atoms with Crippen molar-refractivity contribution in [1.82, 2.24) is 4.90 Å². The van der Waals surface area contributed by atoms with E-state index in [0.29, 0.717) is 13.1 Å². The number of likely N-dealkylation sites (N-methyl/N-ethyl adjacent to an activating group) is 1. The monoisotopic (exact) mass is 271 g/mol. The quantitative estimate of drug-likeness (QED) is 0.757. The lowest BCUT2D eigenvalue weighted by Gasteiger charge is -2.19. The van der Waals surface area contributed by atoms with Gasteiger partial charge in [-0.15, -0.1) is 0 Å². The number of benzene rings is 1. The van der Waals surface area contributed by atoms with Crippen LogP contribution < -0.4 is 0 Å². The van der Waals surface area contributed by atoms with E-state index in [4.69, 9.17) is 0 Å². The maximum Gasteiger partial charge on any atom is 0.246 e. The van der Waals surface area contributed by atoms with E-state index in [1.165, 1.54) is 0 Å². The Morgan fingerprint density at radius 2 is 2.05 bits per heavy atom. The van der Waals surface area contributed by atoms with Crippen LogP contribution in [-0.2, 0) is 11.3 Å². The summed E-state index contributed by atoms with van der Waals surface area (Å²) in [6, 6.07) is 12.1. The molecule has 0 aliphatic heterocycles. The van der Waals surface area contributed by atoms with Crippen molar-refractivity contribution in [3.63, 3.8) is 0 Å². The normalized spacial score (nSPS) is 10.8. The third-order valence-corrected chi connectivity index (χ3v) is 3.57. The highest BCUT2D eigenvalue weighted by Gasteiger charge is 2.08. The van der Waals surface area contributed by atoms with Gasteiger partial charge in [0.2, 0.25) is 5.91 Å². The molecule has 0 saturated heterocycles. The summed E-state index contributed by atoms with van der Waals surface area (Å²) in [7, 11) is 0. The van der Waals surface area contributed by atoms with Gasteiger partial charge >= 0.3 is 0 Å². The smallest absolute Gasteiger partial charge is 0.246 e. The first-order chi connectivity index (χ1) is 9.29. The van der Waals surface area contributed by atoms with Crippen LogP contribution in [0.5, 0.6) is 0 Å². The zero-order valence-corrected chi connectivity index (χ0v) is 11.8. The Kier molecular flexibility index (Phi) is 4.93. The van der Waals surface area contributed by atoms with Crippen LogP contribution in [0.3, 0.4) is 0 Å². The molecular formula is C16H17NOS. The minimum Gasteiger partial charge on any atom is -0.335 e. The zero-order valence-electron chi connectivity index (χ0n) is 11.0. The summed E-state index contributed by atoms with van der Waals surface area (Å²) in [5.74, 6) is 0.0533. The Morgan fingerprint density at radius 3 is 2.68 bits per heavy atom. The van der Waals surface area contributed by atoms with Crippen molar-refractivity contribution >= 4 is 23.3 Å². The van der Waals surface area contributed by atoms with Gasteiger partial charge in [-0.25, -0.2) is 0 Å². The maximum absolute atomic E-state index is 12.1. The molecule has 1 aromatic carbocycles. The van der Waals surface area contributed by atoms with Gasteiger partial charge in [-0.05, 0) is 41.0 Å². The lowest BCUT2D eigenvalue weighted by Crippen LogP contribution is -2.28. The van der Waals surface area contributed by atoms with Crippen LogP contribution in [0, 0.1) is 0 Å². The molecule has 0 saturated carbocycles. The zero-order chi connectivity index (χ0) is 13.5. The summed E-state index contributed by atoms with van der Waals surface area (Å²) >= 11 is 1.63. The molecule has 0 bridgehead atoms. The predicted molar refractivity (Wildman–Crippen MR) is 80.9 cm³/mol. The molecule has 2 nitrogen and oxygen atoms in total. The Hall–Kier alpha value is -1.87. The largest absolute Gasteiger partial charge is 0.335 e. The van der Waals surface area contributed by atoms with E-state index in [1.807, 2.05) is 65.1 Å². The number of carbonyl (C=O) groups is 1. The van der Waals surface area contributed by atoms with Crippen molar-refractivity contribution in [3.05, 3.63) is 64.4 Å². The third kappa shape index (κ3) is 4.07. The van der Waals surface area contributed by atoms with E-state index in [2.05, 4.69) is 0 Å². The van der Waals surface area contributed by atoms with Crippen LogP contribution in [0.4, 0.5) is 0 Å². The maximum atomic E-state index is 12.1. The molecule has 0 aliphatic carbocycles. The Morgan fingerprint density at radius 1 is 1.26 bits per heavy atom. The van der Waals surface area contributed by atoms with E-state index in [1.54, 1.807) is 17.4 Å². The fourth-order valence-electron chi connectivity index (χ4n) is 1.79. The lowest BCUT2D eigenvalue weighted by atomic mass is 10.2. The fourth-order valence-corrected chi connectivity index (χ4v) is 2.42. The number of nitrogens with zero attached hydrogens (tertiary/aromatic N) is 1. The van der Waals surface area contributed by atoms with Crippen LogP contribution >= 0.6 is 11.3 Å². The van der Waals surface area contributed by atoms with Crippen LogP contribution in [0.25, 0.3) is 6.08 Å². The Balaban J connectivity index is 1.99. The molecule has 19 heavy (non-hydrogen) atoms. The van der Waals surface area contributed by atoms with Gasteiger partial charge in [0.25, 0.3) is 0 Å². The summed E-state index contributed by atoms with van der Waals surface area (Å²) < 4.78 is 0. The molecule has 0 spiro atoms. The number of rotatable bonds is 5. The first-order valence-corrected chi connectivity index (χ1v) is 7.27. The number of hydrogen-bond acceptors (Lipinski definition) is 2.